The Hall–Kier alpha value is -2.69. The molecule has 23 heavy (non-hydrogen) atoms. The first-order chi connectivity index (χ1) is 11.1. The van der Waals surface area contributed by atoms with E-state index in [0.29, 0.717) is 11.3 Å². The predicted octanol–water partition coefficient (Wildman–Crippen LogP) is 3.11. The van der Waals surface area contributed by atoms with Crippen LogP contribution in [0.2, 0.25) is 0 Å². The van der Waals surface area contributed by atoms with E-state index in [-0.39, 0.29) is 12.4 Å². The highest BCUT2D eigenvalue weighted by Crippen LogP contribution is 2.23. The fraction of sp³-hybridized carbons (Fsp3) is 0.222. The molecule has 0 radical (unpaired) electrons. The van der Waals surface area contributed by atoms with Gasteiger partial charge in [-0.1, -0.05) is 6.07 Å². The molecule has 1 amide bonds. The van der Waals surface area contributed by atoms with E-state index in [2.05, 4.69) is 5.32 Å². The van der Waals surface area contributed by atoms with Gasteiger partial charge in [-0.05, 0) is 66.8 Å². The van der Waals surface area contributed by atoms with Gasteiger partial charge in [0, 0.05) is 5.69 Å². The van der Waals surface area contributed by atoms with Gasteiger partial charge in [0.2, 0.25) is 0 Å². The van der Waals surface area contributed by atoms with Gasteiger partial charge in [-0.2, -0.15) is 0 Å². The molecule has 0 saturated heterocycles. The highest BCUT2D eigenvalue weighted by Gasteiger charge is 2.15. The summed E-state index contributed by atoms with van der Waals surface area (Å²) in [6.07, 6.45) is 3.13. The first-order valence-electron chi connectivity index (χ1n) is 7.46. The number of anilines is 1. The molecule has 0 heterocycles. The molecule has 0 unspecified atom stereocenters. The summed E-state index contributed by atoms with van der Waals surface area (Å²) in [6.45, 7) is -0.382. The predicted molar refractivity (Wildman–Crippen MR) is 83.8 cm³/mol. The Labute approximate surface area is 133 Å². The molecule has 2 aromatic carbocycles. The molecular weight excluding hydrogens is 297 g/mol. The van der Waals surface area contributed by atoms with E-state index in [1.165, 1.54) is 35.4 Å². The Balaban J connectivity index is 1.54. The highest BCUT2D eigenvalue weighted by atomic mass is 19.1. The number of ether oxygens (including phenoxy) is 1. The van der Waals surface area contributed by atoms with Crippen LogP contribution in [0.3, 0.4) is 0 Å². The van der Waals surface area contributed by atoms with E-state index in [4.69, 9.17) is 4.74 Å². The average Bonchev–Trinajstić information content (AvgIpc) is 3.02. The minimum absolute atomic E-state index is 0.382. The second-order valence-corrected chi connectivity index (χ2v) is 5.47. The van der Waals surface area contributed by atoms with Crippen molar-refractivity contribution in [2.45, 2.75) is 19.3 Å². The number of carbonyl (C=O) groups excluding carboxylic acids is 2. The SMILES string of the molecule is O=C(COC(=O)c1ccc2c(c1)CCC2)Nc1ccc(F)cc1. The molecule has 0 aromatic heterocycles. The molecule has 0 spiro atoms. The minimum Gasteiger partial charge on any atom is -0.452 e. The Morgan fingerprint density at radius 3 is 2.57 bits per heavy atom. The normalized spacial score (nSPS) is 12.6. The summed E-state index contributed by atoms with van der Waals surface area (Å²) in [5.74, 6) is -1.37. The van der Waals surface area contributed by atoms with E-state index in [1.807, 2.05) is 12.1 Å². The van der Waals surface area contributed by atoms with Gasteiger partial charge in [0.1, 0.15) is 5.82 Å². The molecule has 0 saturated carbocycles. The number of fused-ring (bicyclic) bond motifs is 1. The van der Waals surface area contributed by atoms with Crippen molar-refractivity contribution in [3.05, 3.63) is 65.0 Å². The standard InChI is InChI=1S/C18H16FNO3/c19-15-6-8-16(9-7-15)20-17(21)11-23-18(22)14-5-4-12-2-1-3-13(12)10-14/h4-10H,1-3,11H2,(H,20,21). The lowest BCUT2D eigenvalue weighted by atomic mass is 10.1. The molecule has 0 atom stereocenters. The fourth-order valence-corrected chi connectivity index (χ4v) is 2.64. The minimum atomic E-state index is -0.519. The number of nitrogens with one attached hydrogen (secondary N) is 1. The number of carbonyl (C=O) groups is 2. The largest absolute Gasteiger partial charge is 0.452 e. The smallest absolute Gasteiger partial charge is 0.338 e. The monoisotopic (exact) mass is 313 g/mol. The van der Waals surface area contributed by atoms with Crippen molar-refractivity contribution in [2.75, 3.05) is 11.9 Å². The molecule has 2 aromatic rings. The second kappa shape index (κ2) is 6.60. The van der Waals surface area contributed by atoms with Gasteiger partial charge in [0.25, 0.3) is 5.91 Å². The maximum absolute atomic E-state index is 12.8. The van der Waals surface area contributed by atoms with E-state index < -0.39 is 11.9 Å². The van der Waals surface area contributed by atoms with E-state index in [0.717, 1.165) is 19.3 Å². The van der Waals surface area contributed by atoms with Crippen molar-refractivity contribution in [3.63, 3.8) is 0 Å². The Kier molecular flexibility index (Phi) is 4.37. The Morgan fingerprint density at radius 2 is 1.78 bits per heavy atom. The Morgan fingerprint density at radius 1 is 1.04 bits per heavy atom. The van der Waals surface area contributed by atoms with Gasteiger partial charge in [0.05, 0.1) is 5.56 Å². The number of halogens is 1. The van der Waals surface area contributed by atoms with Crippen LogP contribution in [0.5, 0.6) is 0 Å². The molecule has 5 heteroatoms. The number of hydrogen-bond acceptors (Lipinski definition) is 3. The van der Waals surface area contributed by atoms with Crippen LogP contribution in [-0.2, 0) is 22.4 Å². The summed E-state index contributed by atoms with van der Waals surface area (Å²) in [7, 11) is 0. The quantitative estimate of drug-likeness (QED) is 0.882. The van der Waals surface area contributed by atoms with Gasteiger partial charge in [-0.3, -0.25) is 4.79 Å². The van der Waals surface area contributed by atoms with E-state index in [1.54, 1.807) is 6.07 Å². The van der Waals surface area contributed by atoms with Gasteiger partial charge in [-0.15, -0.1) is 0 Å². The van der Waals surface area contributed by atoms with Crippen LogP contribution in [0, 0.1) is 5.82 Å². The first kappa shape index (κ1) is 15.2. The van der Waals surface area contributed by atoms with Gasteiger partial charge in [0.15, 0.2) is 6.61 Å². The molecular formula is C18H16FNO3. The molecule has 3 rings (SSSR count). The van der Waals surface area contributed by atoms with Gasteiger partial charge < -0.3 is 10.1 Å². The fourth-order valence-electron chi connectivity index (χ4n) is 2.64. The van der Waals surface area contributed by atoms with Gasteiger partial charge >= 0.3 is 5.97 Å². The van der Waals surface area contributed by atoms with Crippen molar-refractivity contribution < 1.29 is 18.7 Å². The third-order valence-corrected chi connectivity index (χ3v) is 3.80. The third kappa shape index (κ3) is 3.74. The summed E-state index contributed by atoms with van der Waals surface area (Å²) < 4.78 is 17.8. The molecule has 0 bridgehead atoms. The maximum atomic E-state index is 12.8. The van der Waals surface area contributed by atoms with Crippen molar-refractivity contribution in [1.29, 1.82) is 0 Å². The number of aryl methyl sites for hydroxylation is 2. The van der Waals surface area contributed by atoms with Crippen LogP contribution in [0.15, 0.2) is 42.5 Å². The van der Waals surface area contributed by atoms with Crippen LogP contribution in [0.4, 0.5) is 10.1 Å². The molecule has 0 aliphatic heterocycles. The molecule has 1 aliphatic carbocycles. The highest BCUT2D eigenvalue weighted by molar-refractivity contribution is 5.95. The number of hydrogen-bond donors (Lipinski definition) is 1. The summed E-state index contributed by atoms with van der Waals surface area (Å²) >= 11 is 0. The number of rotatable bonds is 4. The summed E-state index contributed by atoms with van der Waals surface area (Å²) in [4.78, 5) is 23.7. The zero-order chi connectivity index (χ0) is 16.2. The molecule has 0 fully saturated rings. The van der Waals surface area contributed by atoms with Crippen LogP contribution < -0.4 is 5.32 Å². The van der Waals surface area contributed by atoms with Crippen molar-refractivity contribution in [3.8, 4) is 0 Å². The number of esters is 1. The second-order valence-electron chi connectivity index (χ2n) is 5.47. The molecule has 4 nitrogen and oxygen atoms in total. The van der Waals surface area contributed by atoms with Crippen molar-refractivity contribution >= 4 is 17.6 Å². The van der Waals surface area contributed by atoms with Crippen molar-refractivity contribution in [1.82, 2.24) is 0 Å². The Bertz CT molecular complexity index is 740. The van der Waals surface area contributed by atoms with Crippen LogP contribution >= 0.6 is 0 Å². The lowest BCUT2D eigenvalue weighted by molar-refractivity contribution is -0.119. The lowest BCUT2D eigenvalue weighted by Gasteiger charge is -2.07. The molecule has 1 N–H and O–H groups in total. The average molecular weight is 313 g/mol. The van der Waals surface area contributed by atoms with E-state index in [9.17, 15) is 14.0 Å². The zero-order valence-electron chi connectivity index (χ0n) is 12.5. The zero-order valence-corrected chi connectivity index (χ0v) is 12.5. The van der Waals surface area contributed by atoms with Crippen LogP contribution in [-0.4, -0.2) is 18.5 Å². The summed E-state index contributed by atoms with van der Waals surface area (Å²) in [5.41, 5.74) is 3.36. The van der Waals surface area contributed by atoms with E-state index >= 15 is 0 Å². The van der Waals surface area contributed by atoms with Crippen LogP contribution in [0.1, 0.15) is 27.9 Å². The first-order valence-corrected chi connectivity index (χ1v) is 7.46. The maximum Gasteiger partial charge on any atom is 0.338 e. The number of benzene rings is 2. The topological polar surface area (TPSA) is 55.4 Å². The van der Waals surface area contributed by atoms with Gasteiger partial charge in [-0.25, -0.2) is 9.18 Å². The summed E-state index contributed by atoms with van der Waals surface area (Å²) in [5, 5.41) is 2.53. The lowest BCUT2D eigenvalue weighted by Crippen LogP contribution is -2.21. The van der Waals surface area contributed by atoms with Crippen LogP contribution in [0.25, 0.3) is 0 Å². The van der Waals surface area contributed by atoms with Crippen molar-refractivity contribution in [2.24, 2.45) is 0 Å². The third-order valence-electron chi connectivity index (χ3n) is 3.80. The number of amides is 1. The molecule has 1 aliphatic rings. The molecule has 118 valence electrons. The summed E-state index contributed by atoms with van der Waals surface area (Å²) in [6, 6.07) is 10.9.